The van der Waals surface area contributed by atoms with Crippen LogP contribution in [0, 0.1) is 12.7 Å². The third-order valence-electron chi connectivity index (χ3n) is 5.19. The smallest absolute Gasteiger partial charge is 0.341 e. The van der Waals surface area contributed by atoms with Gasteiger partial charge in [-0.25, -0.2) is 9.18 Å². The lowest BCUT2D eigenvalue weighted by Gasteiger charge is -2.14. The fraction of sp³-hybridized carbons (Fsp3) is 0.192. The average molecular weight is 404 g/mol. The molecule has 3 rings (SSSR count). The fourth-order valence-corrected chi connectivity index (χ4v) is 3.64. The van der Waals surface area contributed by atoms with Gasteiger partial charge in [-0.3, -0.25) is 0 Å². The van der Waals surface area contributed by atoms with Crippen LogP contribution in [0.25, 0.3) is 16.7 Å². The van der Waals surface area contributed by atoms with E-state index in [-0.39, 0.29) is 5.82 Å². The van der Waals surface area contributed by atoms with Crippen molar-refractivity contribution < 1.29 is 18.7 Å². The lowest BCUT2D eigenvalue weighted by Crippen LogP contribution is -2.07. The summed E-state index contributed by atoms with van der Waals surface area (Å²) in [5.74, 6) is -0.680. The first-order valence-corrected chi connectivity index (χ1v) is 9.79. The molecule has 0 aromatic heterocycles. The van der Waals surface area contributed by atoms with Gasteiger partial charge in [-0.2, -0.15) is 0 Å². The molecule has 3 nitrogen and oxygen atoms in total. The minimum absolute atomic E-state index is 0.244. The maximum absolute atomic E-state index is 13.7. The number of rotatable bonds is 7. The molecule has 0 N–H and O–H groups in total. The van der Waals surface area contributed by atoms with Crippen molar-refractivity contribution >= 4 is 11.5 Å². The van der Waals surface area contributed by atoms with Gasteiger partial charge >= 0.3 is 5.97 Å². The van der Waals surface area contributed by atoms with E-state index < -0.39 is 5.97 Å². The number of carbonyl (C=O) groups is 1. The number of benzene rings is 3. The van der Waals surface area contributed by atoms with Crippen molar-refractivity contribution in [1.82, 2.24) is 0 Å². The van der Waals surface area contributed by atoms with Crippen molar-refractivity contribution in [2.45, 2.75) is 19.8 Å². The molecule has 0 saturated carbocycles. The quantitative estimate of drug-likeness (QED) is 0.286. The standard InChI is InChI=1S/C26H25FO3/c1-18-19(9-7-13-23(18)21-10-6-11-22(27)16-21)14-15-20-8-4-5-12-24(20)25(17-29-2)26(28)30-3/h4-13,16-17H,14-15H2,1-3H3. The van der Waals surface area contributed by atoms with Crippen molar-refractivity contribution in [1.29, 1.82) is 0 Å². The highest BCUT2D eigenvalue weighted by Gasteiger charge is 2.17. The van der Waals surface area contributed by atoms with E-state index in [4.69, 9.17) is 9.47 Å². The molecule has 154 valence electrons. The van der Waals surface area contributed by atoms with Gasteiger partial charge in [0.15, 0.2) is 0 Å². The van der Waals surface area contributed by atoms with Crippen LogP contribution < -0.4 is 0 Å². The summed E-state index contributed by atoms with van der Waals surface area (Å²) in [5.41, 5.74) is 6.41. The first-order chi connectivity index (χ1) is 14.5. The third kappa shape index (κ3) is 4.77. The van der Waals surface area contributed by atoms with Crippen LogP contribution >= 0.6 is 0 Å². The number of hydrogen-bond donors (Lipinski definition) is 0. The zero-order valence-corrected chi connectivity index (χ0v) is 17.4. The van der Waals surface area contributed by atoms with Crippen molar-refractivity contribution in [3.05, 3.63) is 101 Å². The largest absolute Gasteiger partial charge is 0.503 e. The Balaban J connectivity index is 1.89. The average Bonchev–Trinajstić information content (AvgIpc) is 2.76. The van der Waals surface area contributed by atoms with E-state index in [1.54, 1.807) is 12.1 Å². The topological polar surface area (TPSA) is 35.5 Å². The Morgan fingerprint density at radius 1 is 0.933 bits per heavy atom. The molecule has 0 amide bonds. The van der Waals surface area contributed by atoms with E-state index in [1.165, 1.54) is 32.1 Å². The summed E-state index contributed by atoms with van der Waals surface area (Å²) in [4.78, 5) is 12.2. The van der Waals surface area contributed by atoms with Crippen LogP contribution in [-0.4, -0.2) is 20.2 Å². The maximum atomic E-state index is 13.7. The first-order valence-electron chi connectivity index (χ1n) is 9.79. The molecule has 0 saturated heterocycles. The number of methoxy groups -OCH3 is 2. The molecule has 0 atom stereocenters. The summed E-state index contributed by atoms with van der Waals surface area (Å²) in [6, 6.07) is 20.5. The molecule has 0 bridgehead atoms. The molecule has 0 aliphatic carbocycles. The van der Waals surface area contributed by atoms with Crippen LogP contribution in [0.3, 0.4) is 0 Å². The van der Waals surface area contributed by atoms with E-state index in [9.17, 15) is 9.18 Å². The van der Waals surface area contributed by atoms with E-state index in [2.05, 4.69) is 13.0 Å². The Morgan fingerprint density at radius 3 is 2.37 bits per heavy atom. The Morgan fingerprint density at radius 2 is 1.63 bits per heavy atom. The molecule has 3 aromatic carbocycles. The zero-order chi connectivity index (χ0) is 21.5. The van der Waals surface area contributed by atoms with Gasteiger partial charge < -0.3 is 9.47 Å². The van der Waals surface area contributed by atoms with Gasteiger partial charge in [-0.05, 0) is 65.3 Å². The minimum atomic E-state index is -0.436. The molecule has 0 radical (unpaired) electrons. The minimum Gasteiger partial charge on any atom is -0.503 e. The number of esters is 1. The Hall–Kier alpha value is -3.40. The molecule has 30 heavy (non-hydrogen) atoms. The van der Waals surface area contributed by atoms with Gasteiger partial charge in [0.05, 0.1) is 20.5 Å². The summed E-state index contributed by atoms with van der Waals surface area (Å²) in [5, 5.41) is 0. The van der Waals surface area contributed by atoms with Gasteiger partial charge in [0.1, 0.15) is 11.4 Å². The Labute approximate surface area is 176 Å². The van der Waals surface area contributed by atoms with Crippen LogP contribution in [0.4, 0.5) is 4.39 Å². The molecule has 3 aromatic rings. The van der Waals surface area contributed by atoms with E-state index in [1.807, 2.05) is 42.5 Å². The Bertz CT molecular complexity index is 1070. The summed E-state index contributed by atoms with van der Waals surface area (Å²) < 4.78 is 23.7. The molecular weight excluding hydrogens is 379 g/mol. The van der Waals surface area contributed by atoms with E-state index >= 15 is 0 Å². The van der Waals surface area contributed by atoms with Gasteiger partial charge in [0, 0.05) is 0 Å². The molecule has 0 spiro atoms. The van der Waals surface area contributed by atoms with Crippen LogP contribution in [0.2, 0.25) is 0 Å². The van der Waals surface area contributed by atoms with Crippen LogP contribution in [0.15, 0.2) is 73.0 Å². The predicted octanol–water partition coefficient (Wildman–Crippen LogP) is 5.75. The van der Waals surface area contributed by atoms with Gasteiger partial charge in [-0.1, -0.05) is 54.6 Å². The van der Waals surface area contributed by atoms with E-state index in [0.717, 1.165) is 40.7 Å². The molecular formula is C26H25FO3. The van der Waals surface area contributed by atoms with Crippen molar-refractivity contribution in [2.75, 3.05) is 14.2 Å². The highest BCUT2D eigenvalue weighted by Crippen LogP contribution is 2.28. The summed E-state index contributed by atoms with van der Waals surface area (Å²) in [6.45, 7) is 2.06. The molecule has 0 aliphatic heterocycles. The van der Waals surface area contributed by atoms with E-state index in [0.29, 0.717) is 5.57 Å². The van der Waals surface area contributed by atoms with Crippen LogP contribution in [0.5, 0.6) is 0 Å². The number of halogens is 1. The van der Waals surface area contributed by atoms with Gasteiger partial charge in [-0.15, -0.1) is 0 Å². The maximum Gasteiger partial charge on any atom is 0.341 e. The fourth-order valence-electron chi connectivity index (χ4n) is 3.64. The second-order valence-electron chi connectivity index (χ2n) is 7.02. The number of ether oxygens (including phenoxy) is 2. The molecule has 0 heterocycles. The summed E-state index contributed by atoms with van der Waals surface area (Å²) in [6.07, 6.45) is 2.94. The number of hydrogen-bond acceptors (Lipinski definition) is 3. The highest BCUT2D eigenvalue weighted by molar-refractivity contribution is 6.16. The predicted molar refractivity (Wildman–Crippen MR) is 117 cm³/mol. The lowest BCUT2D eigenvalue weighted by atomic mass is 9.91. The third-order valence-corrected chi connectivity index (χ3v) is 5.19. The van der Waals surface area contributed by atoms with Gasteiger partial charge in [0.25, 0.3) is 0 Å². The number of aryl methyl sites for hydroxylation is 2. The van der Waals surface area contributed by atoms with Crippen molar-refractivity contribution in [3.63, 3.8) is 0 Å². The lowest BCUT2D eigenvalue weighted by molar-refractivity contribution is -0.133. The van der Waals surface area contributed by atoms with Crippen LogP contribution in [-0.2, 0) is 27.1 Å². The summed E-state index contributed by atoms with van der Waals surface area (Å²) in [7, 11) is 2.86. The van der Waals surface area contributed by atoms with Crippen molar-refractivity contribution in [2.24, 2.45) is 0 Å². The highest BCUT2D eigenvalue weighted by atomic mass is 19.1. The monoisotopic (exact) mass is 404 g/mol. The molecule has 0 fully saturated rings. The van der Waals surface area contributed by atoms with Gasteiger partial charge in [0.2, 0.25) is 0 Å². The normalized spacial score (nSPS) is 11.3. The second-order valence-corrected chi connectivity index (χ2v) is 7.02. The zero-order valence-electron chi connectivity index (χ0n) is 17.4. The first kappa shape index (κ1) is 21.3. The molecule has 4 heteroatoms. The molecule has 0 aliphatic rings. The van der Waals surface area contributed by atoms with Crippen LogP contribution in [0.1, 0.15) is 22.3 Å². The van der Waals surface area contributed by atoms with Crippen molar-refractivity contribution in [3.8, 4) is 11.1 Å². The second kappa shape index (κ2) is 9.88. The number of carbonyl (C=O) groups excluding carboxylic acids is 1. The molecule has 0 unspecified atom stereocenters. The Kier molecular flexibility index (Phi) is 7.02. The summed E-state index contributed by atoms with van der Waals surface area (Å²) >= 11 is 0. The SMILES string of the molecule is COC=C(C(=O)OC)c1ccccc1CCc1cccc(-c2cccc(F)c2)c1C.